The molecule has 1 saturated heterocycles. The van der Waals surface area contributed by atoms with E-state index in [-0.39, 0.29) is 74.9 Å². The number of nitrogens with zero attached hydrogens (tertiary/aromatic N) is 6. The number of hydrogen-bond donors (Lipinski definition) is 2. The number of nitrogen functional groups attached to an aromatic ring is 1. The topological polar surface area (TPSA) is 200 Å². The van der Waals surface area contributed by atoms with E-state index < -0.39 is 29.2 Å². The molecule has 2 atom stereocenters. The first-order valence-corrected chi connectivity index (χ1v) is 12.4. The molecule has 17 heteroatoms. The number of anilines is 1. The van der Waals surface area contributed by atoms with Gasteiger partial charge in [-0.25, -0.2) is 9.78 Å². The van der Waals surface area contributed by atoms with Crippen LogP contribution in [0.15, 0.2) is 43.5 Å². The van der Waals surface area contributed by atoms with Crippen LogP contribution in [0.5, 0.6) is 0 Å². The molecule has 194 valence electrons. The van der Waals surface area contributed by atoms with Crippen LogP contribution in [0.1, 0.15) is 21.9 Å². The van der Waals surface area contributed by atoms with Crippen molar-refractivity contribution in [3.63, 3.8) is 0 Å². The maximum Gasteiger partial charge on any atom is 1.00 e. The van der Waals surface area contributed by atoms with Crippen LogP contribution in [-0.2, 0) is 14.4 Å². The Morgan fingerprint density at radius 1 is 1.37 bits per heavy atom. The zero-order valence-corrected chi connectivity index (χ0v) is 24.3. The molecule has 2 unspecified atom stereocenters. The van der Waals surface area contributed by atoms with Crippen LogP contribution in [-0.4, -0.2) is 92.8 Å². The molecule has 0 saturated carbocycles. The van der Waals surface area contributed by atoms with Crippen molar-refractivity contribution in [3.8, 4) is 0 Å². The number of allylic oxidation sites excluding steroid dienone is 1. The number of aliphatic carboxylic acids is 1. The van der Waals surface area contributed by atoms with Crippen molar-refractivity contribution in [2.24, 2.45) is 10.1 Å². The summed E-state index contributed by atoms with van der Waals surface area (Å²) in [7, 11) is 4.39. The molecule has 2 aliphatic rings. The van der Waals surface area contributed by atoms with E-state index in [4.69, 9.17) is 15.1 Å². The van der Waals surface area contributed by atoms with Crippen molar-refractivity contribution in [3.05, 3.63) is 45.9 Å². The van der Waals surface area contributed by atoms with Gasteiger partial charge in [0.05, 0.1) is 0 Å². The minimum absolute atomic E-state index is 0. The second-order valence-corrected chi connectivity index (χ2v) is 9.80. The summed E-state index contributed by atoms with van der Waals surface area (Å²) < 4.78 is 5.12. The summed E-state index contributed by atoms with van der Waals surface area (Å²) in [5.74, 6) is -2.71. The van der Waals surface area contributed by atoms with E-state index >= 15 is 0 Å². The van der Waals surface area contributed by atoms with Gasteiger partial charge in [0, 0.05) is 37.2 Å². The molecular formula is C21H20N7NaO7S2. The van der Waals surface area contributed by atoms with Gasteiger partial charge in [0.15, 0.2) is 22.6 Å². The molecule has 2 amide bonds. The number of β-lactam (4-membered cyclic amide) rings is 1. The Bertz CT molecular complexity index is 1380. The molecule has 2 aromatic rings. The zero-order valence-electron chi connectivity index (χ0n) is 20.6. The average Bonchev–Trinajstić information content (AvgIpc) is 3.52. The summed E-state index contributed by atoms with van der Waals surface area (Å²) in [5.41, 5.74) is 5.75. The number of carbonyl (C=O) groups excluding carboxylic acids is 2. The fraction of sp³-hybridized carbons (Fsp3) is 0.286. The van der Waals surface area contributed by atoms with Crippen LogP contribution in [0, 0.1) is 0 Å². The molecule has 2 aromatic heterocycles. The van der Waals surface area contributed by atoms with Crippen molar-refractivity contribution >= 4 is 63.7 Å². The van der Waals surface area contributed by atoms with Gasteiger partial charge >= 0.3 is 35.5 Å². The molecule has 1 fully saturated rings. The molecule has 0 radical (unpaired) electrons. The number of carboxylic acid groups (broad SMARTS) is 1. The largest absolute Gasteiger partial charge is 1.00 e. The summed E-state index contributed by atoms with van der Waals surface area (Å²) in [6, 6.07) is 0.313. The van der Waals surface area contributed by atoms with Gasteiger partial charge in [0.25, 0.3) is 11.8 Å². The third-order valence-corrected chi connectivity index (χ3v) is 7.14. The van der Waals surface area contributed by atoms with E-state index in [1.807, 2.05) is 0 Å². The summed E-state index contributed by atoms with van der Waals surface area (Å²) >= 11 is 2.34. The van der Waals surface area contributed by atoms with Gasteiger partial charge in [-0.3, -0.25) is 19.5 Å². The van der Waals surface area contributed by atoms with Crippen LogP contribution in [0.4, 0.5) is 5.13 Å². The monoisotopic (exact) mass is 569 g/mol. The third kappa shape index (κ3) is 5.78. The number of carboxylic acids is 1. The Hall–Kier alpha value is -3.18. The van der Waals surface area contributed by atoms with Crippen LogP contribution in [0.3, 0.4) is 0 Å². The van der Waals surface area contributed by atoms with Crippen LogP contribution >= 0.6 is 23.1 Å². The Morgan fingerprint density at radius 2 is 2.11 bits per heavy atom. The van der Waals surface area contributed by atoms with Gasteiger partial charge in [-0.05, 0) is 11.6 Å². The number of thiazole rings is 1. The van der Waals surface area contributed by atoms with Gasteiger partial charge in [-0.15, -0.1) is 23.1 Å². The molecule has 0 bridgehead atoms. The Morgan fingerprint density at radius 3 is 2.71 bits per heavy atom. The van der Waals surface area contributed by atoms with Gasteiger partial charge in [0.2, 0.25) is 0 Å². The van der Waals surface area contributed by atoms with E-state index in [9.17, 15) is 24.6 Å². The number of aliphatic imine (C=N–C) groups is 1. The molecule has 38 heavy (non-hydrogen) atoms. The molecule has 14 nitrogen and oxygen atoms in total. The predicted octanol–water partition coefficient (Wildman–Crippen LogP) is -3.14. The number of oxime groups is 1. The van der Waals surface area contributed by atoms with Crippen molar-refractivity contribution < 1.29 is 63.5 Å². The van der Waals surface area contributed by atoms with E-state index in [1.165, 1.54) is 47.4 Å². The first-order chi connectivity index (χ1) is 17.6. The zero-order chi connectivity index (χ0) is 26.9. The first-order valence-electron chi connectivity index (χ1n) is 10.5. The number of rotatable bonds is 8. The summed E-state index contributed by atoms with van der Waals surface area (Å²) in [6.45, 7) is 0. The second-order valence-electron chi connectivity index (χ2n) is 7.81. The number of hydrogen-bond acceptors (Lipinski definition) is 13. The Labute approximate surface area is 246 Å². The van der Waals surface area contributed by atoms with Gasteiger partial charge in [0.1, 0.15) is 29.6 Å². The SMILES string of the molecule is CO/N=C(\C([O-])=NC1C(=O)N2C(C(=O)O)=C(/C=C/c3cc(C(=O)N(C)C)no3)CSC12)c1csc(N)n1.[Na+]. The van der Waals surface area contributed by atoms with Crippen molar-refractivity contribution in [2.45, 2.75) is 11.4 Å². The van der Waals surface area contributed by atoms with Crippen molar-refractivity contribution in [1.29, 1.82) is 0 Å². The normalized spacial score (nSPS) is 19.7. The number of nitrogens with two attached hydrogens (primary N) is 1. The predicted molar refractivity (Wildman–Crippen MR) is 133 cm³/mol. The molecule has 0 aromatic carbocycles. The fourth-order valence-corrected chi connectivity index (χ4v) is 5.34. The number of aromatic nitrogens is 2. The Balaban J connectivity index is 0.00000400. The van der Waals surface area contributed by atoms with Crippen LogP contribution < -0.4 is 40.4 Å². The van der Waals surface area contributed by atoms with E-state index in [2.05, 4.69) is 20.3 Å². The number of carbonyl (C=O) groups is 3. The number of amides is 2. The first kappa shape index (κ1) is 29.4. The number of thioether (sulfide) groups is 1. The summed E-state index contributed by atoms with van der Waals surface area (Å²) in [4.78, 5) is 52.0. The smallest absolute Gasteiger partial charge is 0.857 e. The Kier molecular flexibility index (Phi) is 9.37. The third-order valence-electron chi connectivity index (χ3n) is 5.18. The van der Waals surface area contributed by atoms with Crippen LogP contribution in [0.25, 0.3) is 6.08 Å². The molecule has 4 rings (SSSR count). The van der Waals surface area contributed by atoms with Crippen molar-refractivity contribution in [2.75, 3.05) is 32.7 Å². The second kappa shape index (κ2) is 12.1. The minimum Gasteiger partial charge on any atom is -0.857 e. The number of fused-ring (bicyclic) bond motifs is 1. The van der Waals surface area contributed by atoms with Crippen molar-refractivity contribution in [1.82, 2.24) is 19.9 Å². The van der Waals surface area contributed by atoms with E-state index in [1.54, 1.807) is 14.1 Å². The maximum atomic E-state index is 12.9. The molecule has 3 N–H and O–H groups in total. The maximum absolute atomic E-state index is 12.9. The van der Waals surface area contributed by atoms with E-state index in [0.717, 1.165) is 16.2 Å². The van der Waals surface area contributed by atoms with Gasteiger partial charge in [-0.2, -0.15) is 0 Å². The molecule has 4 heterocycles. The minimum atomic E-state index is -1.32. The standard InChI is InChI=1S/C21H21N7O7S2.Na/c1-27(2)17(30)11-6-10(35-25-11)5-4-9-7-36-19-14(18(31)28(19)15(9)20(32)33)24-16(29)13(26-34-3)12-8-37-21(22)23-12;/h4-6,8,14,19H,7H2,1-3H3,(H2,22,23)(H,24,29)(H,32,33);/q;+1/p-1/b5-4+,26-13-;. The summed E-state index contributed by atoms with van der Waals surface area (Å²) in [6.07, 6.45) is 2.94. The molecule has 2 aliphatic heterocycles. The van der Waals surface area contributed by atoms with Gasteiger partial charge < -0.3 is 30.2 Å². The fourth-order valence-electron chi connectivity index (χ4n) is 3.49. The van der Waals surface area contributed by atoms with E-state index in [0.29, 0.717) is 5.57 Å². The molecule has 0 spiro atoms. The average molecular weight is 570 g/mol. The molecule has 0 aliphatic carbocycles. The molecular weight excluding hydrogens is 549 g/mol. The summed E-state index contributed by atoms with van der Waals surface area (Å²) in [5, 5.41) is 31.0. The van der Waals surface area contributed by atoms with Gasteiger partial charge in [-0.1, -0.05) is 16.4 Å². The van der Waals surface area contributed by atoms with Crippen LogP contribution in [0.2, 0.25) is 0 Å². The quantitative estimate of drug-likeness (QED) is 0.107.